The molecular weight excluding hydrogens is 260 g/mol. The lowest BCUT2D eigenvalue weighted by Crippen LogP contribution is -2.41. The van der Waals surface area contributed by atoms with Crippen LogP contribution in [0.25, 0.3) is 0 Å². The maximum absolute atomic E-state index is 12.2. The van der Waals surface area contributed by atoms with Crippen LogP contribution in [0.5, 0.6) is 0 Å². The normalized spacial score (nSPS) is 22.2. The van der Waals surface area contributed by atoms with E-state index in [1.54, 1.807) is 0 Å². The molecule has 1 aliphatic heterocycles. The van der Waals surface area contributed by atoms with E-state index in [0.29, 0.717) is 24.3 Å². The molecule has 1 fully saturated rings. The molecular formula is C10H12N2O3S2. The summed E-state index contributed by atoms with van der Waals surface area (Å²) in [5.74, 6) is 0. The molecule has 0 saturated carbocycles. The average Bonchev–Trinajstić information content (AvgIpc) is 2.78. The topological polar surface area (TPSA) is 81.4 Å². The van der Waals surface area contributed by atoms with E-state index in [9.17, 15) is 13.5 Å². The highest BCUT2D eigenvalue weighted by atomic mass is 32.2. The second-order valence-corrected chi connectivity index (χ2v) is 7.14. The van der Waals surface area contributed by atoms with Gasteiger partial charge in [0.05, 0.1) is 6.10 Å². The summed E-state index contributed by atoms with van der Waals surface area (Å²) in [6.07, 6.45) is 0.713. The van der Waals surface area contributed by atoms with Gasteiger partial charge in [0.25, 0.3) is 10.0 Å². The number of nitriles is 1. The Morgan fingerprint density at radius 3 is 2.88 bits per heavy atom. The number of hydrogen-bond donors (Lipinski definition) is 1. The molecule has 1 atom stereocenters. The monoisotopic (exact) mass is 272 g/mol. The second kappa shape index (κ2) is 4.74. The SMILES string of the molecule is N#Cc1ccc(S(=O)(=O)N2CCCC(O)C2)s1. The van der Waals surface area contributed by atoms with Gasteiger partial charge in [-0.25, -0.2) is 8.42 Å². The molecule has 5 nitrogen and oxygen atoms in total. The van der Waals surface area contributed by atoms with Crippen molar-refractivity contribution in [1.82, 2.24) is 4.31 Å². The lowest BCUT2D eigenvalue weighted by Gasteiger charge is -2.28. The maximum Gasteiger partial charge on any atom is 0.252 e. The first-order valence-electron chi connectivity index (χ1n) is 5.22. The van der Waals surface area contributed by atoms with Gasteiger partial charge in [-0.1, -0.05) is 0 Å². The molecule has 2 rings (SSSR count). The highest BCUT2D eigenvalue weighted by Gasteiger charge is 2.30. The standard InChI is InChI=1S/C10H12N2O3S2/c11-6-9-3-4-10(16-9)17(14,15)12-5-1-2-8(13)7-12/h3-4,8,13H,1-2,5,7H2. The fourth-order valence-corrected chi connectivity index (χ4v) is 4.56. The van der Waals surface area contributed by atoms with Gasteiger partial charge in [0, 0.05) is 13.1 Å². The quantitative estimate of drug-likeness (QED) is 0.862. The third-order valence-corrected chi connectivity index (χ3v) is 5.97. The minimum atomic E-state index is -3.54. The number of aliphatic hydroxyl groups excluding tert-OH is 1. The summed E-state index contributed by atoms with van der Waals surface area (Å²) in [6, 6.07) is 4.86. The molecule has 7 heteroatoms. The summed E-state index contributed by atoms with van der Waals surface area (Å²) in [6.45, 7) is 0.571. The zero-order valence-electron chi connectivity index (χ0n) is 9.04. The van der Waals surface area contributed by atoms with Crippen molar-refractivity contribution in [2.45, 2.75) is 23.2 Å². The highest BCUT2D eigenvalue weighted by molar-refractivity contribution is 7.91. The van der Waals surface area contributed by atoms with Crippen LogP contribution in [0.15, 0.2) is 16.3 Å². The number of nitrogens with zero attached hydrogens (tertiary/aromatic N) is 2. The van der Waals surface area contributed by atoms with Crippen LogP contribution < -0.4 is 0 Å². The van der Waals surface area contributed by atoms with E-state index in [1.807, 2.05) is 6.07 Å². The molecule has 2 heterocycles. The number of thiophene rings is 1. The third-order valence-electron chi connectivity index (χ3n) is 2.64. The Balaban J connectivity index is 2.27. The molecule has 0 radical (unpaired) electrons. The molecule has 1 aromatic rings. The average molecular weight is 272 g/mol. The smallest absolute Gasteiger partial charge is 0.252 e. The number of rotatable bonds is 2. The first-order valence-corrected chi connectivity index (χ1v) is 7.48. The Hall–Kier alpha value is -0.940. The van der Waals surface area contributed by atoms with E-state index >= 15 is 0 Å². The lowest BCUT2D eigenvalue weighted by molar-refractivity contribution is 0.108. The van der Waals surface area contributed by atoms with Crippen molar-refractivity contribution in [3.8, 4) is 6.07 Å². The summed E-state index contributed by atoms with van der Waals surface area (Å²) < 4.78 is 25.8. The minimum Gasteiger partial charge on any atom is -0.392 e. The van der Waals surface area contributed by atoms with Crippen molar-refractivity contribution in [1.29, 1.82) is 5.26 Å². The van der Waals surface area contributed by atoms with Gasteiger partial charge in [-0.05, 0) is 25.0 Å². The van der Waals surface area contributed by atoms with Gasteiger partial charge in [-0.2, -0.15) is 9.57 Å². The fraction of sp³-hybridized carbons (Fsp3) is 0.500. The van der Waals surface area contributed by atoms with Crippen molar-refractivity contribution < 1.29 is 13.5 Å². The number of hydrogen-bond acceptors (Lipinski definition) is 5. The van der Waals surface area contributed by atoms with Gasteiger partial charge in [0.15, 0.2) is 0 Å². The number of β-amino-alcohol motifs (C(OH)–C–C–N with tert-alkyl or cyclic N) is 1. The Kier molecular flexibility index (Phi) is 3.49. The van der Waals surface area contributed by atoms with Crippen molar-refractivity contribution in [3.63, 3.8) is 0 Å². The van der Waals surface area contributed by atoms with Crippen LogP contribution in [0.2, 0.25) is 0 Å². The molecule has 1 saturated heterocycles. The van der Waals surface area contributed by atoms with Crippen LogP contribution in [0, 0.1) is 11.3 Å². The molecule has 1 aromatic heterocycles. The maximum atomic E-state index is 12.2. The van der Waals surface area contributed by atoms with E-state index < -0.39 is 16.1 Å². The Labute approximate surface area is 104 Å². The van der Waals surface area contributed by atoms with Gasteiger partial charge in [-0.3, -0.25) is 0 Å². The van der Waals surface area contributed by atoms with Crippen molar-refractivity contribution in [2.75, 3.05) is 13.1 Å². The number of aliphatic hydroxyl groups is 1. The Bertz CT molecular complexity index is 544. The van der Waals surface area contributed by atoms with Crippen LogP contribution in [-0.4, -0.2) is 37.0 Å². The van der Waals surface area contributed by atoms with E-state index in [-0.39, 0.29) is 10.8 Å². The Morgan fingerprint density at radius 1 is 1.53 bits per heavy atom. The van der Waals surface area contributed by atoms with Crippen LogP contribution in [0.4, 0.5) is 0 Å². The summed E-state index contributed by atoms with van der Waals surface area (Å²) in [4.78, 5) is 0.376. The van der Waals surface area contributed by atoms with E-state index in [0.717, 1.165) is 11.3 Å². The van der Waals surface area contributed by atoms with Crippen molar-refractivity contribution in [2.24, 2.45) is 0 Å². The van der Waals surface area contributed by atoms with Crippen LogP contribution in [0.3, 0.4) is 0 Å². The first-order chi connectivity index (χ1) is 8.04. The molecule has 1 aliphatic rings. The summed E-state index contributed by atoms with van der Waals surface area (Å²) >= 11 is 0.962. The van der Waals surface area contributed by atoms with E-state index in [4.69, 9.17) is 5.26 Å². The largest absolute Gasteiger partial charge is 0.392 e. The molecule has 0 aliphatic carbocycles. The third kappa shape index (κ3) is 2.50. The lowest BCUT2D eigenvalue weighted by atomic mass is 10.1. The second-order valence-electron chi connectivity index (χ2n) is 3.89. The Morgan fingerprint density at radius 2 is 2.29 bits per heavy atom. The molecule has 92 valence electrons. The molecule has 0 amide bonds. The fourth-order valence-electron chi connectivity index (χ4n) is 1.79. The predicted molar refractivity (Wildman–Crippen MR) is 63.0 cm³/mol. The molecule has 1 unspecified atom stereocenters. The van der Waals surface area contributed by atoms with Gasteiger partial charge < -0.3 is 5.11 Å². The molecule has 0 bridgehead atoms. The number of piperidine rings is 1. The summed E-state index contributed by atoms with van der Waals surface area (Å²) in [7, 11) is -3.54. The summed E-state index contributed by atoms with van der Waals surface area (Å²) in [5, 5.41) is 18.2. The van der Waals surface area contributed by atoms with Gasteiger partial charge >= 0.3 is 0 Å². The van der Waals surface area contributed by atoms with E-state index in [1.165, 1.54) is 16.4 Å². The van der Waals surface area contributed by atoms with Gasteiger partial charge in [0.2, 0.25) is 0 Å². The molecule has 1 N–H and O–H groups in total. The van der Waals surface area contributed by atoms with Crippen LogP contribution >= 0.6 is 11.3 Å². The van der Waals surface area contributed by atoms with Crippen LogP contribution in [-0.2, 0) is 10.0 Å². The molecule has 17 heavy (non-hydrogen) atoms. The van der Waals surface area contributed by atoms with Gasteiger partial charge in [-0.15, -0.1) is 11.3 Å². The summed E-state index contributed by atoms with van der Waals surface area (Å²) in [5.41, 5.74) is 0. The minimum absolute atomic E-state index is 0.141. The van der Waals surface area contributed by atoms with Crippen molar-refractivity contribution >= 4 is 21.4 Å². The zero-order chi connectivity index (χ0) is 12.5. The van der Waals surface area contributed by atoms with E-state index in [2.05, 4.69) is 0 Å². The highest BCUT2D eigenvalue weighted by Crippen LogP contribution is 2.26. The molecule has 0 aromatic carbocycles. The first kappa shape index (κ1) is 12.5. The van der Waals surface area contributed by atoms with Crippen LogP contribution in [0.1, 0.15) is 17.7 Å². The zero-order valence-corrected chi connectivity index (χ0v) is 10.7. The van der Waals surface area contributed by atoms with Gasteiger partial charge in [0.1, 0.15) is 15.2 Å². The predicted octanol–water partition coefficient (Wildman–Crippen LogP) is 0.765. The van der Waals surface area contributed by atoms with Crippen molar-refractivity contribution in [3.05, 3.63) is 17.0 Å². The number of sulfonamides is 1. The molecule has 0 spiro atoms.